The van der Waals surface area contributed by atoms with Crippen LogP contribution in [0.15, 0.2) is 4.52 Å². The first-order valence-electron chi connectivity index (χ1n) is 4.68. The van der Waals surface area contributed by atoms with Gasteiger partial charge < -0.3 is 14.7 Å². The molecule has 0 atom stereocenters. The molecule has 2 heterocycles. The van der Waals surface area contributed by atoms with Gasteiger partial charge in [0.15, 0.2) is 5.82 Å². The van der Waals surface area contributed by atoms with E-state index in [1.807, 2.05) is 6.92 Å². The number of hydrogen-bond donors (Lipinski definition) is 1. The molecule has 0 unspecified atom stereocenters. The summed E-state index contributed by atoms with van der Waals surface area (Å²) in [6.45, 7) is 5.90. The molecule has 2 rings (SSSR count). The Morgan fingerprint density at radius 1 is 1.46 bits per heavy atom. The zero-order valence-electron chi connectivity index (χ0n) is 7.79. The summed E-state index contributed by atoms with van der Waals surface area (Å²) in [7, 11) is 0. The van der Waals surface area contributed by atoms with Crippen LogP contribution in [0.1, 0.15) is 12.7 Å². The van der Waals surface area contributed by atoms with Gasteiger partial charge in [0.25, 0.3) is 0 Å². The molecule has 72 valence electrons. The maximum absolute atomic E-state index is 5.13. The Morgan fingerprint density at radius 3 is 2.85 bits per heavy atom. The van der Waals surface area contributed by atoms with Crippen LogP contribution in [0.4, 0.5) is 6.01 Å². The molecule has 1 aromatic rings. The monoisotopic (exact) mass is 182 g/mol. The zero-order valence-corrected chi connectivity index (χ0v) is 7.79. The molecule has 13 heavy (non-hydrogen) atoms. The highest BCUT2D eigenvalue weighted by Crippen LogP contribution is 2.11. The largest absolute Gasteiger partial charge is 0.324 e. The number of rotatable bonds is 2. The number of nitrogens with one attached hydrogen (secondary N) is 1. The molecule has 0 spiro atoms. The quantitative estimate of drug-likeness (QED) is 0.700. The Hall–Kier alpha value is -1.10. The molecular weight excluding hydrogens is 168 g/mol. The standard InChI is InChI=1S/C8H14N4O/c1-2-7-10-8(13-11-7)12-5-3-9-4-6-12/h9H,2-6H2,1H3. The van der Waals surface area contributed by atoms with Crippen molar-refractivity contribution in [2.75, 3.05) is 31.1 Å². The van der Waals surface area contributed by atoms with E-state index in [9.17, 15) is 0 Å². The van der Waals surface area contributed by atoms with Crippen molar-refractivity contribution in [2.24, 2.45) is 0 Å². The summed E-state index contributed by atoms with van der Waals surface area (Å²) in [5.74, 6) is 0.786. The first-order valence-corrected chi connectivity index (χ1v) is 4.68. The minimum absolute atomic E-state index is 0.665. The molecule has 0 saturated carbocycles. The smallest absolute Gasteiger partial charge is 0.322 e. The molecule has 0 amide bonds. The molecule has 1 aliphatic rings. The third-order valence-electron chi connectivity index (χ3n) is 2.16. The fourth-order valence-corrected chi connectivity index (χ4v) is 1.37. The number of anilines is 1. The van der Waals surface area contributed by atoms with Crippen LogP contribution in [-0.2, 0) is 6.42 Å². The molecule has 1 aliphatic heterocycles. The molecule has 0 radical (unpaired) electrons. The average Bonchev–Trinajstić information content (AvgIpc) is 2.67. The minimum atomic E-state index is 0.665. The van der Waals surface area contributed by atoms with E-state index in [0.717, 1.165) is 38.4 Å². The van der Waals surface area contributed by atoms with Gasteiger partial charge in [0, 0.05) is 32.6 Å². The summed E-state index contributed by atoms with van der Waals surface area (Å²) in [6.07, 6.45) is 0.829. The molecule has 1 aromatic heterocycles. The second-order valence-corrected chi connectivity index (χ2v) is 3.08. The van der Waals surface area contributed by atoms with E-state index in [4.69, 9.17) is 4.52 Å². The Bertz CT molecular complexity index is 267. The van der Waals surface area contributed by atoms with E-state index >= 15 is 0 Å². The molecule has 1 N–H and O–H groups in total. The van der Waals surface area contributed by atoms with Crippen LogP contribution < -0.4 is 10.2 Å². The Kier molecular flexibility index (Phi) is 2.44. The van der Waals surface area contributed by atoms with Gasteiger partial charge in [-0.15, -0.1) is 0 Å². The van der Waals surface area contributed by atoms with Gasteiger partial charge in [0.1, 0.15) is 0 Å². The molecular formula is C8H14N4O. The molecule has 0 bridgehead atoms. The highest BCUT2D eigenvalue weighted by Gasteiger charge is 2.15. The highest BCUT2D eigenvalue weighted by molar-refractivity contribution is 5.25. The van der Waals surface area contributed by atoms with Crippen LogP contribution in [0.5, 0.6) is 0 Å². The lowest BCUT2D eigenvalue weighted by molar-refractivity contribution is 0.399. The normalized spacial score (nSPS) is 17.8. The van der Waals surface area contributed by atoms with Crippen molar-refractivity contribution >= 4 is 6.01 Å². The van der Waals surface area contributed by atoms with E-state index in [1.54, 1.807) is 0 Å². The molecule has 1 fully saturated rings. The third kappa shape index (κ3) is 1.80. The van der Waals surface area contributed by atoms with E-state index < -0.39 is 0 Å². The van der Waals surface area contributed by atoms with Crippen molar-refractivity contribution in [1.82, 2.24) is 15.5 Å². The summed E-state index contributed by atoms with van der Waals surface area (Å²) < 4.78 is 5.13. The van der Waals surface area contributed by atoms with Gasteiger partial charge in [-0.2, -0.15) is 4.98 Å². The topological polar surface area (TPSA) is 54.2 Å². The number of aryl methyl sites for hydroxylation is 1. The van der Waals surface area contributed by atoms with Crippen molar-refractivity contribution in [1.29, 1.82) is 0 Å². The third-order valence-corrected chi connectivity index (χ3v) is 2.16. The van der Waals surface area contributed by atoms with E-state index in [1.165, 1.54) is 0 Å². The predicted molar refractivity (Wildman–Crippen MR) is 48.8 cm³/mol. The van der Waals surface area contributed by atoms with Crippen molar-refractivity contribution in [2.45, 2.75) is 13.3 Å². The van der Waals surface area contributed by atoms with Gasteiger partial charge in [-0.3, -0.25) is 0 Å². The summed E-state index contributed by atoms with van der Waals surface area (Å²) in [6, 6.07) is 0.665. The molecule has 5 nitrogen and oxygen atoms in total. The Balaban J connectivity index is 2.05. The van der Waals surface area contributed by atoms with Crippen LogP contribution in [0.25, 0.3) is 0 Å². The van der Waals surface area contributed by atoms with Crippen LogP contribution in [0, 0.1) is 0 Å². The van der Waals surface area contributed by atoms with E-state index in [0.29, 0.717) is 6.01 Å². The van der Waals surface area contributed by atoms with E-state index in [-0.39, 0.29) is 0 Å². The lowest BCUT2D eigenvalue weighted by atomic mass is 10.4. The SMILES string of the molecule is CCc1noc(N2CCNCC2)n1. The van der Waals surface area contributed by atoms with Gasteiger partial charge in [0.2, 0.25) is 0 Å². The minimum Gasteiger partial charge on any atom is -0.322 e. The zero-order chi connectivity index (χ0) is 9.10. The molecule has 5 heteroatoms. The van der Waals surface area contributed by atoms with Crippen LogP contribution in [0.2, 0.25) is 0 Å². The Morgan fingerprint density at radius 2 is 2.23 bits per heavy atom. The molecule has 1 saturated heterocycles. The fourth-order valence-electron chi connectivity index (χ4n) is 1.37. The van der Waals surface area contributed by atoms with Gasteiger partial charge in [-0.05, 0) is 0 Å². The van der Waals surface area contributed by atoms with Gasteiger partial charge in [-0.25, -0.2) is 0 Å². The predicted octanol–water partition coefficient (Wildman–Crippen LogP) is 0.0416. The molecule has 0 aliphatic carbocycles. The summed E-state index contributed by atoms with van der Waals surface area (Å²) in [5, 5.41) is 7.14. The lowest BCUT2D eigenvalue weighted by Crippen LogP contribution is -2.43. The summed E-state index contributed by atoms with van der Waals surface area (Å²) >= 11 is 0. The summed E-state index contributed by atoms with van der Waals surface area (Å²) in [5.41, 5.74) is 0. The van der Waals surface area contributed by atoms with Crippen LogP contribution in [0.3, 0.4) is 0 Å². The second kappa shape index (κ2) is 3.74. The van der Waals surface area contributed by atoms with Crippen molar-refractivity contribution in [3.63, 3.8) is 0 Å². The van der Waals surface area contributed by atoms with Crippen molar-refractivity contribution in [3.05, 3.63) is 5.82 Å². The van der Waals surface area contributed by atoms with Crippen molar-refractivity contribution in [3.8, 4) is 0 Å². The first kappa shape index (κ1) is 8.50. The first-order chi connectivity index (χ1) is 6.40. The maximum Gasteiger partial charge on any atom is 0.324 e. The fraction of sp³-hybridized carbons (Fsp3) is 0.750. The summed E-state index contributed by atoms with van der Waals surface area (Å²) in [4.78, 5) is 6.39. The van der Waals surface area contributed by atoms with E-state index in [2.05, 4.69) is 20.4 Å². The Labute approximate surface area is 77.1 Å². The lowest BCUT2D eigenvalue weighted by Gasteiger charge is -2.24. The van der Waals surface area contributed by atoms with Crippen molar-refractivity contribution < 1.29 is 4.52 Å². The number of piperazine rings is 1. The van der Waals surface area contributed by atoms with Gasteiger partial charge in [0.05, 0.1) is 0 Å². The van der Waals surface area contributed by atoms with Gasteiger partial charge >= 0.3 is 6.01 Å². The average molecular weight is 182 g/mol. The highest BCUT2D eigenvalue weighted by atomic mass is 16.5. The number of nitrogens with zero attached hydrogens (tertiary/aromatic N) is 3. The maximum atomic E-state index is 5.13. The second-order valence-electron chi connectivity index (χ2n) is 3.08. The van der Waals surface area contributed by atoms with Crippen LogP contribution in [-0.4, -0.2) is 36.3 Å². The molecule has 0 aromatic carbocycles. The number of hydrogen-bond acceptors (Lipinski definition) is 5. The van der Waals surface area contributed by atoms with Crippen LogP contribution >= 0.6 is 0 Å². The number of aromatic nitrogens is 2. The van der Waals surface area contributed by atoms with Gasteiger partial charge in [-0.1, -0.05) is 12.1 Å².